The third-order valence-corrected chi connectivity index (χ3v) is 5.51. The number of carbonyl (C=O) groups excluding carboxylic acids is 1. The summed E-state index contributed by atoms with van der Waals surface area (Å²) in [6.07, 6.45) is 11.5. The molecule has 1 atom stereocenters. The first kappa shape index (κ1) is 17.5. The molecule has 2 heterocycles. The Bertz CT molecular complexity index is 546. The first-order valence-electron chi connectivity index (χ1n) is 9.73. The number of nitrogens with zero attached hydrogens (tertiary/aromatic N) is 3. The topological polar surface area (TPSA) is 50.2 Å². The number of carbonyl (C=O) groups is 1. The molecule has 1 N–H and O–H groups in total. The summed E-state index contributed by atoms with van der Waals surface area (Å²) in [5.41, 5.74) is 2.35. The van der Waals surface area contributed by atoms with E-state index in [0.717, 1.165) is 31.7 Å². The van der Waals surface area contributed by atoms with Crippen LogP contribution in [0.5, 0.6) is 0 Å². The second-order valence-corrected chi connectivity index (χ2v) is 7.48. The molecule has 1 amide bonds. The number of amides is 1. The monoisotopic (exact) mass is 332 g/mol. The molecule has 0 radical (unpaired) electrons. The Morgan fingerprint density at radius 3 is 2.71 bits per heavy atom. The Morgan fingerprint density at radius 2 is 2.00 bits per heavy atom. The first-order chi connectivity index (χ1) is 11.7. The van der Waals surface area contributed by atoms with Crippen molar-refractivity contribution in [3.05, 3.63) is 17.5 Å². The Hall–Kier alpha value is -1.36. The highest BCUT2D eigenvalue weighted by Gasteiger charge is 2.34. The van der Waals surface area contributed by atoms with E-state index < -0.39 is 0 Å². The summed E-state index contributed by atoms with van der Waals surface area (Å²) < 4.78 is 2.03. The molecule has 1 unspecified atom stereocenters. The summed E-state index contributed by atoms with van der Waals surface area (Å²) >= 11 is 0. The number of likely N-dealkylation sites (tertiary alicyclic amines) is 1. The van der Waals surface area contributed by atoms with E-state index in [4.69, 9.17) is 0 Å². The molecule has 0 aromatic carbocycles. The predicted octanol–water partition coefficient (Wildman–Crippen LogP) is 3.01. The van der Waals surface area contributed by atoms with Gasteiger partial charge in [-0.15, -0.1) is 0 Å². The number of hydrogen-bond acceptors (Lipinski definition) is 3. The van der Waals surface area contributed by atoms with Gasteiger partial charge in [-0.25, -0.2) is 0 Å². The normalized spacial score (nSPS) is 23.0. The van der Waals surface area contributed by atoms with E-state index in [1.54, 1.807) is 0 Å². The molecule has 3 rings (SSSR count). The van der Waals surface area contributed by atoms with E-state index in [-0.39, 0.29) is 6.04 Å². The molecule has 1 aliphatic heterocycles. The van der Waals surface area contributed by atoms with Gasteiger partial charge < -0.3 is 10.2 Å². The molecule has 1 saturated heterocycles. The third-order valence-electron chi connectivity index (χ3n) is 5.51. The fourth-order valence-electron chi connectivity index (χ4n) is 4.12. The van der Waals surface area contributed by atoms with Gasteiger partial charge in [-0.3, -0.25) is 9.48 Å². The van der Waals surface area contributed by atoms with Crippen LogP contribution in [0.4, 0.5) is 0 Å². The minimum Gasteiger partial charge on any atom is -0.338 e. The lowest BCUT2D eigenvalue weighted by atomic mass is 10.1. The smallest absolute Gasteiger partial charge is 0.224 e. The van der Waals surface area contributed by atoms with E-state index in [1.807, 2.05) is 4.68 Å². The van der Waals surface area contributed by atoms with E-state index in [1.165, 1.54) is 44.1 Å². The van der Waals surface area contributed by atoms with E-state index in [9.17, 15) is 4.79 Å². The van der Waals surface area contributed by atoms with Gasteiger partial charge >= 0.3 is 0 Å². The van der Waals surface area contributed by atoms with E-state index in [0.29, 0.717) is 18.4 Å². The van der Waals surface area contributed by atoms with Crippen LogP contribution < -0.4 is 5.32 Å². The highest BCUT2D eigenvalue weighted by Crippen LogP contribution is 2.26. The molecule has 0 bridgehead atoms. The molecule has 5 heteroatoms. The van der Waals surface area contributed by atoms with Gasteiger partial charge in [0.25, 0.3) is 0 Å². The molecule has 2 fully saturated rings. The molecule has 5 nitrogen and oxygen atoms in total. The van der Waals surface area contributed by atoms with Crippen LogP contribution in [0.15, 0.2) is 6.20 Å². The molecule has 1 saturated carbocycles. The van der Waals surface area contributed by atoms with Crippen LogP contribution >= 0.6 is 0 Å². The molecule has 0 spiro atoms. The molecule has 1 aliphatic carbocycles. The van der Waals surface area contributed by atoms with Gasteiger partial charge in [-0.1, -0.05) is 32.6 Å². The Kier molecular flexibility index (Phi) is 5.93. The Labute approximate surface area is 145 Å². The lowest BCUT2D eigenvalue weighted by molar-refractivity contribution is -0.129. The molecule has 1 aromatic heterocycles. The zero-order valence-electron chi connectivity index (χ0n) is 15.3. The molecule has 134 valence electrons. The second-order valence-electron chi connectivity index (χ2n) is 7.48. The number of aromatic nitrogens is 2. The molecule has 1 aromatic rings. The van der Waals surface area contributed by atoms with Crippen LogP contribution in [0.3, 0.4) is 0 Å². The Balaban J connectivity index is 1.52. The summed E-state index contributed by atoms with van der Waals surface area (Å²) in [4.78, 5) is 14.6. The third kappa shape index (κ3) is 4.18. The van der Waals surface area contributed by atoms with E-state index in [2.05, 4.69) is 35.4 Å². The zero-order valence-corrected chi connectivity index (χ0v) is 15.3. The molecule has 2 aliphatic rings. The number of nitrogens with one attached hydrogen (secondary N) is 1. The van der Waals surface area contributed by atoms with Crippen LogP contribution in [-0.2, 0) is 17.9 Å². The van der Waals surface area contributed by atoms with Crippen molar-refractivity contribution < 1.29 is 4.79 Å². The average Bonchev–Trinajstić information content (AvgIpc) is 2.97. The van der Waals surface area contributed by atoms with E-state index >= 15 is 0 Å². The van der Waals surface area contributed by atoms with Crippen molar-refractivity contribution in [2.75, 3.05) is 6.54 Å². The highest BCUT2D eigenvalue weighted by molar-refractivity contribution is 5.79. The zero-order chi connectivity index (χ0) is 16.9. The van der Waals surface area contributed by atoms with Crippen molar-refractivity contribution in [1.82, 2.24) is 20.0 Å². The van der Waals surface area contributed by atoms with Crippen LogP contribution in [0.1, 0.15) is 69.5 Å². The van der Waals surface area contributed by atoms with Gasteiger partial charge in [0.15, 0.2) is 0 Å². The standard InChI is InChI=1S/C19H32N4O/c1-3-10-22-13-16(15(2)21-22)12-20-17-11-19(24)23(14-17)18-8-6-4-5-7-9-18/h13,17-18,20H,3-12,14H2,1-2H3. The first-order valence-corrected chi connectivity index (χ1v) is 9.73. The maximum Gasteiger partial charge on any atom is 0.224 e. The van der Waals surface area contributed by atoms with Gasteiger partial charge in [0.05, 0.1) is 5.69 Å². The van der Waals surface area contributed by atoms with Crippen molar-refractivity contribution in [2.45, 2.75) is 90.4 Å². The van der Waals surface area contributed by atoms with Crippen molar-refractivity contribution in [3.8, 4) is 0 Å². The fraction of sp³-hybridized carbons (Fsp3) is 0.789. The van der Waals surface area contributed by atoms with Gasteiger partial charge in [-0.05, 0) is 26.2 Å². The maximum atomic E-state index is 12.4. The molecule has 24 heavy (non-hydrogen) atoms. The summed E-state index contributed by atoms with van der Waals surface area (Å²) in [5, 5.41) is 8.15. The van der Waals surface area contributed by atoms with Crippen LogP contribution in [0.2, 0.25) is 0 Å². The Morgan fingerprint density at radius 1 is 1.25 bits per heavy atom. The molecular formula is C19H32N4O. The number of rotatable bonds is 6. The van der Waals surface area contributed by atoms with Crippen molar-refractivity contribution in [1.29, 1.82) is 0 Å². The average molecular weight is 332 g/mol. The summed E-state index contributed by atoms with van der Waals surface area (Å²) in [7, 11) is 0. The predicted molar refractivity (Wildman–Crippen MR) is 95.7 cm³/mol. The van der Waals surface area contributed by atoms with Crippen LogP contribution in [0.25, 0.3) is 0 Å². The van der Waals surface area contributed by atoms with Gasteiger partial charge in [0.2, 0.25) is 5.91 Å². The van der Waals surface area contributed by atoms with Crippen molar-refractivity contribution >= 4 is 5.91 Å². The van der Waals surface area contributed by atoms with Crippen molar-refractivity contribution in [3.63, 3.8) is 0 Å². The minimum absolute atomic E-state index is 0.287. The minimum atomic E-state index is 0.287. The largest absolute Gasteiger partial charge is 0.338 e. The lowest BCUT2D eigenvalue weighted by Gasteiger charge is -2.27. The van der Waals surface area contributed by atoms with Crippen LogP contribution in [-0.4, -0.2) is 39.2 Å². The molecular weight excluding hydrogens is 300 g/mol. The summed E-state index contributed by atoms with van der Waals surface area (Å²) in [5.74, 6) is 0.345. The highest BCUT2D eigenvalue weighted by atomic mass is 16.2. The fourth-order valence-corrected chi connectivity index (χ4v) is 4.12. The lowest BCUT2D eigenvalue weighted by Crippen LogP contribution is -2.38. The SMILES string of the molecule is CCCn1cc(CNC2CC(=O)N(C3CCCCCC3)C2)c(C)n1. The van der Waals surface area contributed by atoms with Gasteiger partial charge in [0.1, 0.15) is 0 Å². The second kappa shape index (κ2) is 8.15. The maximum absolute atomic E-state index is 12.4. The van der Waals surface area contributed by atoms with Gasteiger partial charge in [0, 0.05) is 49.9 Å². The quantitative estimate of drug-likeness (QED) is 0.815. The summed E-state index contributed by atoms with van der Waals surface area (Å²) in [6, 6.07) is 0.774. The number of aryl methyl sites for hydroxylation is 2. The van der Waals surface area contributed by atoms with Crippen molar-refractivity contribution in [2.24, 2.45) is 0 Å². The van der Waals surface area contributed by atoms with Crippen LogP contribution in [0, 0.1) is 6.92 Å². The number of hydrogen-bond donors (Lipinski definition) is 1. The summed E-state index contributed by atoms with van der Waals surface area (Å²) in [6.45, 7) is 6.90. The van der Waals surface area contributed by atoms with Gasteiger partial charge in [-0.2, -0.15) is 5.10 Å².